The molecule has 0 spiro atoms. The van der Waals surface area contributed by atoms with Gasteiger partial charge in [0.05, 0.1) is 11.5 Å². The highest BCUT2D eigenvalue weighted by atomic mass is 32.2. The van der Waals surface area contributed by atoms with Gasteiger partial charge in [0, 0.05) is 16.1 Å². The smallest absolute Gasteiger partial charge is 0.229 e. The molecule has 4 nitrogen and oxygen atoms in total. The minimum atomic E-state index is -3.39. The summed E-state index contributed by atoms with van der Waals surface area (Å²) in [5.41, 5.74) is 0.691. The summed E-state index contributed by atoms with van der Waals surface area (Å²) in [6, 6.07) is 8.97. The number of ketones is 1. The lowest BCUT2D eigenvalue weighted by Crippen LogP contribution is -2.14. The number of halogens is 2. The quantitative estimate of drug-likeness (QED) is 0.621. The van der Waals surface area contributed by atoms with E-state index in [0.29, 0.717) is 11.3 Å². The van der Waals surface area contributed by atoms with Crippen LogP contribution < -0.4 is 4.72 Å². The van der Waals surface area contributed by atoms with Gasteiger partial charge in [-0.05, 0) is 49.4 Å². The van der Waals surface area contributed by atoms with Gasteiger partial charge in [-0.1, -0.05) is 0 Å². The van der Waals surface area contributed by atoms with Crippen LogP contribution >= 0.6 is 11.8 Å². The average Bonchev–Trinajstić information content (AvgIpc) is 2.49. The van der Waals surface area contributed by atoms with Gasteiger partial charge in [0.2, 0.25) is 10.0 Å². The normalized spacial score (nSPS) is 12.7. The van der Waals surface area contributed by atoms with E-state index in [9.17, 15) is 22.0 Å². The molecular weight excluding hydrogens is 356 g/mol. The van der Waals surface area contributed by atoms with Gasteiger partial charge in [0.15, 0.2) is 5.78 Å². The summed E-state index contributed by atoms with van der Waals surface area (Å²) in [7, 11) is -3.39. The maximum atomic E-state index is 13.6. The van der Waals surface area contributed by atoms with Crippen molar-refractivity contribution in [2.75, 3.05) is 11.0 Å². The number of carbonyl (C=O) groups excluding carboxylic acids is 1. The molecule has 1 atom stereocenters. The maximum absolute atomic E-state index is 13.6. The summed E-state index contributed by atoms with van der Waals surface area (Å²) in [4.78, 5) is 12.4. The topological polar surface area (TPSA) is 63.2 Å². The van der Waals surface area contributed by atoms with Crippen molar-refractivity contribution in [1.29, 1.82) is 0 Å². The molecule has 0 aliphatic rings. The highest BCUT2D eigenvalue weighted by molar-refractivity contribution is 8.00. The molecule has 0 unspecified atom stereocenters. The molecule has 0 aromatic heterocycles. The van der Waals surface area contributed by atoms with Crippen LogP contribution in [0.4, 0.5) is 14.5 Å². The monoisotopic (exact) mass is 371 g/mol. The first-order valence-electron chi connectivity index (χ1n) is 6.89. The van der Waals surface area contributed by atoms with Crippen LogP contribution in [0.1, 0.15) is 17.3 Å². The van der Waals surface area contributed by atoms with E-state index in [-0.39, 0.29) is 10.7 Å². The van der Waals surface area contributed by atoms with Crippen LogP contribution in [0.5, 0.6) is 0 Å². The summed E-state index contributed by atoms with van der Waals surface area (Å²) in [5.74, 6) is -1.43. The Bertz CT molecular complexity index is 852. The predicted molar refractivity (Wildman–Crippen MR) is 90.9 cm³/mol. The summed E-state index contributed by atoms with van der Waals surface area (Å²) >= 11 is 0.925. The Labute approximate surface area is 143 Å². The van der Waals surface area contributed by atoms with Crippen LogP contribution in [0, 0.1) is 11.6 Å². The second-order valence-electron chi connectivity index (χ2n) is 5.15. The van der Waals surface area contributed by atoms with Crippen molar-refractivity contribution in [3.63, 3.8) is 0 Å². The van der Waals surface area contributed by atoms with Crippen molar-refractivity contribution in [3.8, 4) is 0 Å². The zero-order valence-corrected chi connectivity index (χ0v) is 14.5. The van der Waals surface area contributed by atoms with E-state index in [4.69, 9.17) is 0 Å². The fourth-order valence-corrected chi connectivity index (χ4v) is 3.51. The lowest BCUT2D eigenvalue weighted by Gasteiger charge is -2.12. The van der Waals surface area contributed by atoms with Crippen molar-refractivity contribution in [2.45, 2.75) is 17.1 Å². The third kappa shape index (κ3) is 5.04. The molecule has 0 fully saturated rings. The van der Waals surface area contributed by atoms with E-state index < -0.39 is 26.9 Å². The van der Waals surface area contributed by atoms with Gasteiger partial charge < -0.3 is 0 Å². The number of hydrogen-bond acceptors (Lipinski definition) is 4. The van der Waals surface area contributed by atoms with E-state index in [0.717, 1.165) is 36.2 Å². The molecule has 0 saturated heterocycles. The van der Waals surface area contributed by atoms with Crippen molar-refractivity contribution in [3.05, 3.63) is 59.7 Å². The molecule has 2 rings (SSSR count). The summed E-state index contributed by atoms with van der Waals surface area (Å²) in [6.07, 6.45) is 1.03. The second kappa shape index (κ2) is 7.31. The van der Waals surface area contributed by atoms with E-state index in [2.05, 4.69) is 4.72 Å². The number of nitrogens with one attached hydrogen (secondary N) is 1. The molecule has 0 bridgehead atoms. The lowest BCUT2D eigenvalue weighted by atomic mass is 10.1. The summed E-state index contributed by atoms with van der Waals surface area (Å²) < 4.78 is 51.4. The first-order chi connectivity index (χ1) is 11.2. The fraction of sp³-hybridized carbons (Fsp3) is 0.188. The second-order valence-corrected chi connectivity index (χ2v) is 8.28. The number of Topliss-reactive ketones (excluding diaryl/α,β-unsaturated/α-hetero) is 1. The third-order valence-electron chi connectivity index (χ3n) is 3.04. The molecule has 0 aliphatic carbocycles. The summed E-state index contributed by atoms with van der Waals surface area (Å²) in [5, 5.41) is -0.630. The van der Waals surface area contributed by atoms with Gasteiger partial charge in [-0.3, -0.25) is 9.52 Å². The molecule has 1 N–H and O–H groups in total. The first kappa shape index (κ1) is 18.4. The van der Waals surface area contributed by atoms with Gasteiger partial charge in [-0.2, -0.15) is 0 Å². The number of anilines is 1. The molecule has 2 aromatic rings. The van der Waals surface area contributed by atoms with Crippen molar-refractivity contribution < 1.29 is 22.0 Å². The van der Waals surface area contributed by atoms with Crippen molar-refractivity contribution in [1.82, 2.24) is 0 Å². The van der Waals surface area contributed by atoms with Gasteiger partial charge in [0.25, 0.3) is 0 Å². The molecule has 0 heterocycles. The van der Waals surface area contributed by atoms with Crippen LogP contribution in [0.3, 0.4) is 0 Å². The number of thioether (sulfide) groups is 1. The molecule has 24 heavy (non-hydrogen) atoms. The number of benzene rings is 2. The molecule has 0 aliphatic heterocycles. The fourth-order valence-electron chi connectivity index (χ4n) is 1.96. The number of sulfonamides is 1. The minimum Gasteiger partial charge on any atom is -0.293 e. The summed E-state index contributed by atoms with van der Waals surface area (Å²) in [6.45, 7) is 1.60. The average molecular weight is 371 g/mol. The molecule has 0 amide bonds. The maximum Gasteiger partial charge on any atom is 0.229 e. The molecule has 0 radical (unpaired) electrons. The van der Waals surface area contributed by atoms with Crippen molar-refractivity contribution in [2.24, 2.45) is 0 Å². The van der Waals surface area contributed by atoms with Crippen LogP contribution in [-0.4, -0.2) is 25.7 Å². The highest BCUT2D eigenvalue weighted by Gasteiger charge is 2.18. The van der Waals surface area contributed by atoms with Crippen LogP contribution in [0.15, 0.2) is 47.4 Å². The Morgan fingerprint density at radius 3 is 2.33 bits per heavy atom. The standard InChI is InChI=1S/C16H15F2NO3S2/c1-10(23-15-9-12(17)5-8-14(15)18)16(20)11-3-6-13(7-4-11)19-24(2,21)22/h3-10,19H,1-2H3/t10-/m0/s1. The van der Waals surface area contributed by atoms with E-state index >= 15 is 0 Å². The highest BCUT2D eigenvalue weighted by Crippen LogP contribution is 2.29. The Balaban J connectivity index is 2.11. The Hall–Kier alpha value is -1.93. The SMILES string of the molecule is C[C@H](Sc1cc(F)ccc1F)C(=O)c1ccc(NS(C)(=O)=O)cc1. The largest absolute Gasteiger partial charge is 0.293 e. The third-order valence-corrected chi connectivity index (χ3v) is 4.78. The van der Waals surface area contributed by atoms with E-state index in [1.54, 1.807) is 6.92 Å². The molecule has 128 valence electrons. The predicted octanol–water partition coefficient (Wildman–Crippen LogP) is 3.70. The molecular formula is C16H15F2NO3S2. The lowest BCUT2D eigenvalue weighted by molar-refractivity contribution is 0.0994. The Morgan fingerprint density at radius 1 is 1.12 bits per heavy atom. The Morgan fingerprint density at radius 2 is 1.75 bits per heavy atom. The van der Waals surface area contributed by atoms with Gasteiger partial charge >= 0.3 is 0 Å². The zero-order chi connectivity index (χ0) is 17.9. The number of rotatable bonds is 6. The van der Waals surface area contributed by atoms with Crippen LogP contribution in [0.2, 0.25) is 0 Å². The minimum absolute atomic E-state index is 0.0613. The zero-order valence-electron chi connectivity index (χ0n) is 12.9. The van der Waals surface area contributed by atoms with Crippen LogP contribution in [-0.2, 0) is 10.0 Å². The molecule has 2 aromatic carbocycles. The van der Waals surface area contributed by atoms with Gasteiger partial charge in [-0.15, -0.1) is 11.8 Å². The van der Waals surface area contributed by atoms with Gasteiger partial charge in [0.1, 0.15) is 11.6 Å². The number of carbonyl (C=O) groups is 1. The van der Waals surface area contributed by atoms with Gasteiger partial charge in [-0.25, -0.2) is 17.2 Å². The van der Waals surface area contributed by atoms with E-state index in [1.165, 1.54) is 24.3 Å². The first-order valence-corrected chi connectivity index (χ1v) is 9.66. The Kier molecular flexibility index (Phi) is 5.61. The van der Waals surface area contributed by atoms with Crippen LogP contribution in [0.25, 0.3) is 0 Å². The molecule has 8 heteroatoms. The van der Waals surface area contributed by atoms with E-state index in [1.807, 2.05) is 0 Å². The van der Waals surface area contributed by atoms with Crippen molar-refractivity contribution >= 4 is 33.3 Å². The molecule has 0 saturated carbocycles. The number of hydrogen-bond donors (Lipinski definition) is 1.